The molecule has 2 N–H and O–H groups in total. The molecule has 0 radical (unpaired) electrons. The summed E-state index contributed by atoms with van der Waals surface area (Å²) in [5.74, 6) is 0.697. The molecule has 0 spiro atoms. The quantitative estimate of drug-likeness (QED) is 0.645. The monoisotopic (exact) mass is 194 g/mol. The Hall–Kier alpha value is -0.340. The van der Waals surface area contributed by atoms with Crippen LogP contribution in [0.1, 0.15) is 32.6 Å². The van der Waals surface area contributed by atoms with Gasteiger partial charge in [-0.1, -0.05) is 19.1 Å². The van der Waals surface area contributed by atoms with Gasteiger partial charge in [-0.05, 0) is 31.6 Å². The van der Waals surface area contributed by atoms with Crippen LogP contribution < -0.4 is 5.73 Å². The van der Waals surface area contributed by atoms with E-state index in [1.54, 1.807) is 0 Å². The Balaban J connectivity index is 1.90. The van der Waals surface area contributed by atoms with Gasteiger partial charge < -0.3 is 5.73 Å². The Labute approximate surface area is 87.2 Å². The Morgan fingerprint density at radius 2 is 2.21 bits per heavy atom. The summed E-state index contributed by atoms with van der Waals surface area (Å²) in [6, 6.07) is 1.22. The average Bonchev–Trinajstić information content (AvgIpc) is 2.57. The molecule has 2 fully saturated rings. The first-order valence-electron chi connectivity index (χ1n) is 5.83. The second-order valence-electron chi connectivity index (χ2n) is 5.08. The van der Waals surface area contributed by atoms with Gasteiger partial charge in [0.05, 0.1) is 0 Å². The highest BCUT2D eigenvalue weighted by Gasteiger charge is 2.30. The van der Waals surface area contributed by atoms with Gasteiger partial charge in [0.15, 0.2) is 0 Å². The van der Waals surface area contributed by atoms with Crippen LogP contribution >= 0.6 is 0 Å². The minimum Gasteiger partial charge on any atom is -0.327 e. The van der Waals surface area contributed by atoms with Crippen LogP contribution in [0.4, 0.5) is 0 Å². The minimum absolute atomic E-state index is 0.442. The predicted molar refractivity (Wildman–Crippen MR) is 60.1 cm³/mol. The third-order valence-corrected chi connectivity index (χ3v) is 3.90. The van der Waals surface area contributed by atoms with Crippen LogP contribution in [0.3, 0.4) is 0 Å². The molecule has 1 saturated carbocycles. The van der Waals surface area contributed by atoms with Gasteiger partial charge in [0.2, 0.25) is 0 Å². The molecule has 0 amide bonds. The number of rotatable bonds is 1. The van der Waals surface area contributed by atoms with Crippen LogP contribution in [-0.2, 0) is 0 Å². The highest BCUT2D eigenvalue weighted by Crippen LogP contribution is 2.29. The molecule has 2 nitrogen and oxygen atoms in total. The second-order valence-corrected chi connectivity index (χ2v) is 5.08. The van der Waals surface area contributed by atoms with Gasteiger partial charge in [-0.3, -0.25) is 4.90 Å². The van der Waals surface area contributed by atoms with E-state index in [9.17, 15) is 0 Å². The number of nitrogens with two attached hydrogens (primary N) is 1. The zero-order valence-corrected chi connectivity index (χ0v) is 9.21. The Kier molecular flexibility index (Phi) is 2.93. The molecule has 0 aromatic rings. The number of nitrogens with zero attached hydrogens (tertiary/aromatic N) is 1. The molecule has 2 heteroatoms. The molecule has 1 saturated heterocycles. The minimum atomic E-state index is 0.442. The maximum atomic E-state index is 6.03. The first-order valence-corrected chi connectivity index (χ1v) is 5.83. The van der Waals surface area contributed by atoms with Crippen molar-refractivity contribution in [3.05, 3.63) is 12.2 Å². The van der Waals surface area contributed by atoms with E-state index < -0.39 is 0 Å². The van der Waals surface area contributed by atoms with Crippen molar-refractivity contribution < 1.29 is 0 Å². The van der Waals surface area contributed by atoms with Crippen LogP contribution in [0.25, 0.3) is 0 Å². The largest absolute Gasteiger partial charge is 0.327 e. The van der Waals surface area contributed by atoms with Crippen LogP contribution in [0.15, 0.2) is 12.2 Å². The molecule has 2 aliphatic rings. The van der Waals surface area contributed by atoms with Gasteiger partial charge in [0, 0.05) is 25.2 Å². The summed E-state index contributed by atoms with van der Waals surface area (Å²) in [7, 11) is 0. The summed E-state index contributed by atoms with van der Waals surface area (Å²) in [5, 5.41) is 0. The lowest BCUT2D eigenvalue weighted by molar-refractivity contribution is 0.153. The molecule has 0 bridgehead atoms. The van der Waals surface area contributed by atoms with Crippen molar-refractivity contribution in [2.24, 2.45) is 11.7 Å². The van der Waals surface area contributed by atoms with E-state index in [-0.39, 0.29) is 0 Å². The van der Waals surface area contributed by atoms with Gasteiger partial charge in [-0.25, -0.2) is 0 Å². The van der Waals surface area contributed by atoms with E-state index in [0.29, 0.717) is 12.0 Å². The maximum Gasteiger partial charge on any atom is 0.0193 e. The summed E-state index contributed by atoms with van der Waals surface area (Å²) < 4.78 is 0. The molecule has 1 heterocycles. The third kappa shape index (κ3) is 2.01. The van der Waals surface area contributed by atoms with Crippen molar-refractivity contribution in [1.82, 2.24) is 4.90 Å². The number of hydrogen-bond acceptors (Lipinski definition) is 2. The van der Waals surface area contributed by atoms with E-state index >= 15 is 0 Å². The smallest absolute Gasteiger partial charge is 0.0193 e. The van der Waals surface area contributed by atoms with E-state index in [1.807, 2.05) is 0 Å². The second kappa shape index (κ2) is 4.03. The summed E-state index contributed by atoms with van der Waals surface area (Å²) in [6.07, 6.45) is 4.99. The SMILES string of the molecule is C=C1CCN(C2CCC(N)C(C)C2)C1. The van der Waals surface area contributed by atoms with Gasteiger partial charge >= 0.3 is 0 Å². The van der Waals surface area contributed by atoms with Crippen LogP contribution in [0, 0.1) is 5.92 Å². The van der Waals surface area contributed by atoms with Crippen LogP contribution in [0.2, 0.25) is 0 Å². The van der Waals surface area contributed by atoms with Crippen LogP contribution in [0.5, 0.6) is 0 Å². The van der Waals surface area contributed by atoms with Crippen molar-refractivity contribution in [3.8, 4) is 0 Å². The first-order chi connectivity index (χ1) is 6.66. The highest BCUT2D eigenvalue weighted by molar-refractivity contribution is 5.05. The molecule has 0 aromatic heterocycles. The Morgan fingerprint density at radius 1 is 1.43 bits per heavy atom. The zero-order valence-electron chi connectivity index (χ0n) is 9.21. The van der Waals surface area contributed by atoms with Crippen molar-refractivity contribution in [1.29, 1.82) is 0 Å². The first kappa shape index (κ1) is 10.2. The lowest BCUT2D eigenvalue weighted by Gasteiger charge is -2.37. The van der Waals surface area contributed by atoms with Crippen molar-refractivity contribution in [2.45, 2.75) is 44.7 Å². The Morgan fingerprint density at radius 3 is 2.79 bits per heavy atom. The maximum absolute atomic E-state index is 6.03. The lowest BCUT2D eigenvalue weighted by Crippen LogP contribution is -2.43. The standard InChI is InChI=1S/C12H22N2/c1-9-5-6-14(8-9)11-3-4-12(13)10(2)7-11/h10-12H,1,3-8,13H2,2H3. The van der Waals surface area contributed by atoms with E-state index in [0.717, 1.165) is 12.6 Å². The fourth-order valence-corrected chi connectivity index (χ4v) is 2.78. The van der Waals surface area contributed by atoms with E-state index in [4.69, 9.17) is 5.73 Å². The van der Waals surface area contributed by atoms with Gasteiger partial charge in [-0.15, -0.1) is 0 Å². The highest BCUT2D eigenvalue weighted by atomic mass is 15.2. The van der Waals surface area contributed by atoms with Crippen molar-refractivity contribution in [2.75, 3.05) is 13.1 Å². The Bertz CT molecular complexity index is 224. The van der Waals surface area contributed by atoms with Gasteiger partial charge in [0.1, 0.15) is 0 Å². The summed E-state index contributed by atoms with van der Waals surface area (Å²) >= 11 is 0. The summed E-state index contributed by atoms with van der Waals surface area (Å²) in [6.45, 7) is 8.72. The molecule has 2 rings (SSSR count). The molecular formula is C12H22N2. The molecule has 80 valence electrons. The molecule has 3 unspecified atom stereocenters. The van der Waals surface area contributed by atoms with Crippen LogP contribution in [-0.4, -0.2) is 30.1 Å². The fourth-order valence-electron chi connectivity index (χ4n) is 2.78. The third-order valence-electron chi connectivity index (χ3n) is 3.90. The summed E-state index contributed by atoms with van der Waals surface area (Å²) in [4.78, 5) is 2.60. The molecule has 14 heavy (non-hydrogen) atoms. The fraction of sp³-hybridized carbons (Fsp3) is 0.833. The average molecular weight is 194 g/mol. The zero-order chi connectivity index (χ0) is 10.1. The van der Waals surface area contributed by atoms with Gasteiger partial charge in [0.25, 0.3) is 0 Å². The topological polar surface area (TPSA) is 29.3 Å². The van der Waals surface area contributed by atoms with E-state index in [1.165, 1.54) is 37.8 Å². The normalized spacial score (nSPS) is 40.4. The molecule has 1 aliphatic carbocycles. The number of likely N-dealkylation sites (tertiary alicyclic amines) is 1. The van der Waals surface area contributed by atoms with Crippen molar-refractivity contribution >= 4 is 0 Å². The molecular weight excluding hydrogens is 172 g/mol. The van der Waals surface area contributed by atoms with E-state index in [2.05, 4.69) is 18.4 Å². The summed E-state index contributed by atoms with van der Waals surface area (Å²) in [5.41, 5.74) is 7.44. The van der Waals surface area contributed by atoms with Gasteiger partial charge in [-0.2, -0.15) is 0 Å². The predicted octanol–water partition coefficient (Wildman–Crippen LogP) is 1.76. The molecule has 0 aromatic carbocycles. The number of hydrogen-bond donors (Lipinski definition) is 1. The lowest BCUT2D eigenvalue weighted by atomic mass is 9.83. The molecule has 1 aliphatic heterocycles. The molecule has 3 atom stereocenters. The van der Waals surface area contributed by atoms with Crippen molar-refractivity contribution in [3.63, 3.8) is 0 Å².